The van der Waals surface area contributed by atoms with Crippen molar-refractivity contribution in [2.45, 2.75) is 38.7 Å². The van der Waals surface area contributed by atoms with E-state index in [0.29, 0.717) is 17.9 Å². The van der Waals surface area contributed by atoms with Crippen LogP contribution in [0.25, 0.3) is 0 Å². The van der Waals surface area contributed by atoms with Gasteiger partial charge in [-0.3, -0.25) is 0 Å². The molecule has 5 heteroatoms. The van der Waals surface area contributed by atoms with Gasteiger partial charge in [-0.05, 0) is 25.0 Å². The second kappa shape index (κ2) is 6.26. The van der Waals surface area contributed by atoms with Gasteiger partial charge in [0.2, 0.25) is 0 Å². The Morgan fingerprint density at radius 3 is 2.59 bits per heavy atom. The van der Waals surface area contributed by atoms with Gasteiger partial charge in [0.05, 0.1) is 0 Å². The molecule has 0 unspecified atom stereocenters. The molecular formula is C12H21ClN2O2. The molecule has 1 aliphatic rings. The first-order valence-electron chi connectivity index (χ1n) is 5.97. The molecule has 0 radical (unpaired) electrons. The van der Waals surface area contributed by atoms with Crippen molar-refractivity contribution in [3.8, 4) is 5.88 Å². The average Bonchev–Trinajstić information content (AvgIpc) is 2.70. The summed E-state index contributed by atoms with van der Waals surface area (Å²) >= 11 is 0. The summed E-state index contributed by atoms with van der Waals surface area (Å²) in [4.78, 5) is 2.32. The molecule has 2 heterocycles. The predicted octanol–water partition coefficient (Wildman–Crippen LogP) is 2.69. The van der Waals surface area contributed by atoms with E-state index in [1.807, 2.05) is 6.07 Å². The van der Waals surface area contributed by atoms with Gasteiger partial charge in [-0.1, -0.05) is 13.8 Å². The third-order valence-corrected chi connectivity index (χ3v) is 3.03. The Morgan fingerprint density at radius 2 is 2.06 bits per heavy atom. The van der Waals surface area contributed by atoms with Gasteiger partial charge in [-0.25, -0.2) is 0 Å². The maximum atomic E-state index is 5.80. The van der Waals surface area contributed by atoms with Gasteiger partial charge in [0.15, 0.2) is 0 Å². The smallest absolute Gasteiger partial charge is 0.254 e. The molecule has 0 atom stereocenters. The molecular weight excluding hydrogens is 240 g/mol. The molecule has 0 bridgehead atoms. The van der Waals surface area contributed by atoms with E-state index in [1.54, 1.807) is 0 Å². The largest absolute Gasteiger partial charge is 0.472 e. The molecule has 0 aliphatic carbocycles. The monoisotopic (exact) mass is 260 g/mol. The number of halogens is 1. The van der Waals surface area contributed by atoms with Crippen LogP contribution in [0.1, 0.15) is 38.4 Å². The second-order valence-corrected chi connectivity index (χ2v) is 4.84. The van der Waals surface area contributed by atoms with Crippen LogP contribution in [0, 0.1) is 0 Å². The van der Waals surface area contributed by atoms with Crippen LogP contribution in [0.15, 0.2) is 10.6 Å². The van der Waals surface area contributed by atoms with E-state index in [9.17, 15) is 0 Å². The Hall–Kier alpha value is -0.740. The van der Waals surface area contributed by atoms with Gasteiger partial charge in [0.25, 0.3) is 5.88 Å². The minimum absolute atomic E-state index is 0. The van der Waals surface area contributed by atoms with Crippen LogP contribution in [0.5, 0.6) is 5.88 Å². The lowest BCUT2D eigenvalue weighted by molar-refractivity contribution is 0.106. The summed E-state index contributed by atoms with van der Waals surface area (Å²) in [6.45, 7) is 6.36. The molecule has 4 nitrogen and oxygen atoms in total. The molecule has 1 fully saturated rings. The molecule has 2 rings (SSSR count). The summed E-state index contributed by atoms with van der Waals surface area (Å²) in [5, 5.41) is 3.94. The van der Waals surface area contributed by atoms with E-state index in [1.165, 1.54) is 0 Å². The zero-order valence-corrected chi connectivity index (χ0v) is 11.5. The first kappa shape index (κ1) is 14.3. The van der Waals surface area contributed by atoms with E-state index in [2.05, 4.69) is 31.0 Å². The number of piperidine rings is 1. The fourth-order valence-corrected chi connectivity index (χ4v) is 1.87. The van der Waals surface area contributed by atoms with Gasteiger partial charge in [0, 0.05) is 25.1 Å². The van der Waals surface area contributed by atoms with Crippen molar-refractivity contribution in [1.29, 1.82) is 0 Å². The van der Waals surface area contributed by atoms with Crippen molar-refractivity contribution >= 4 is 12.4 Å². The van der Waals surface area contributed by atoms with Gasteiger partial charge in [0.1, 0.15) is 11.9 Å². The Balaban J connectivity index is 0.00000144. The van der Waals surface area contributed by atoms with E-state index in [4.69, 9.17) is 9.26 Å². The maximum Gasteiger partial charge on any atom is 0.254 e. The van der Waals surface area contributed by atoms with Crippen molar-refractivity contribution in [1.82, 2.24) is 10.1 Å². The Labute approximate surface area is 109 Å². The van der Waals surface area contributed by atoms with Crippen molar-refractivity contribution in [3.63, 3.8) is 0 Å². The number of likely N-dealkylation sites (tertiary alicyclic amines) is 1. The van der Waals surface area contributed by atoms with E-state index in [0.717, 1.165) is 31.7 Å². The minimum Gasteiger partial charge on any atom is -0.472 e. The van der Waals surface area contributed by atoms with E-state index >= 15 is 0 Å². The quantitative estimate of drug-likeness (QED) is 0.838. The van der Waals surface area contributed by atoms with Crippen molar-refractivity contribution in [2.75, 3.05) is 20.1 Å². The zero-order valence-electron chi connectivity index (χ0n) is 10.7. The third kappa shape index (κ3) is 3.89. The lowest BCUT2D eigenvalue weighted by atomic mass is 10.1. The van der Waals surface area contributed by atoms with Crippen LogP contribution in [-0.4, -0.2) is 36.3 Å². The van der Waals surface area contributed by atoms with Gasteiger partial charge < -0.3 is 14.2 Å². The van der Waals surface area contributed by atoms with Crippen LogP contribution in [0.2, 0.25) is 0 Å². The van der Waals surface area contributed by atoms with Crippen LogP contribution in [0.3, 0.4) is 0 Å². The summed E-state index contributed by atoms with van der Waals surface area (Å²) in [7, 11) is 2.14. The lowest BCUT2D eigenvalue weighted by Gasteiger charge is -2.28. The van der Waals surface area contributed by atoms with Gasteiger partial charge >= 0.3 is 0 Å². The number of hydrogen-bond donors (Lipinski definition) is 0. The molecule has 0 amide bonds. The molecule has 1 aliphatic heterocycles. The van der Waals surface area contributed by atoms with Crippen LogP contribution in [-0.2, 0) is 0 Å². The van der Waals surface area contributed by atoms with E-state index in [-0.39, 0.29) is 12.4 Å². The fourth-order valence-electron chi connectivity index (χ4n) is 1.87. The highest BCUT2D eigenvalue weighted by Crippen LogP contribution is 2.22. The highest BCUT2D eigenvalue weighted by Gasteiger charge is 2.19. The Morgan fingerprint density at radius 1 is 1.41 bits per heavy atom. The number of nitrogens with zero attached hydrogens (tertiary/aromatic N) is 2. The minimum atomic E-state index is 0. The Kier molecular flexibility index (Phi) is 5.28. The standard InChI is InChI=1S/C12H20N2O2.ClH/c1-9(2)11-8-12(13-16-11)15-10-4-6-14(3)7-5-10;/h8-10H,4-7H2,1-3H3;1H. The SMILES string of the molecule is CC(C)c1cc(OC2CCN(C)CC2)no1.Cl. The fraction of sp³-hybridized carbons (Fsp3) is 0.750. The number of aromatic nitrogens is 1. The van der Waals surface area contributed by atoms with E-state index < -0.39 is 0 Å². The zero-order chi connectivity index (χ0) is 11.5. The van der Waals surface area contributed by atoms with Crippen molar-refractivity contribution in [2.24, 2.45) is 0 Å². The summed E-state index contributed by atoms with van der Waals surface area (Å²) in [5.74, 6) is 1.89. The summed E-state index contributed by atoms with van der Waals surface area (Å²) in [5.41, 5.74) is 0. The number of ether oxygens (including phenoxy) is 1. The molecule has 17 heavy (non-hydrogen) atoms. The molecule has 1 aromatic rings. The van der Waals surface area contributed by atoms with Crippen molar-refractivity contribution in [3.05, 3.63) is 11.8 Å². The van der Waals surface area contributed by atoms with Crippen LogP contribution in [0.4, 0.5) is 0 Å². The third-order valence-electron chi connectivity index (χ3n) is 3.03. The first-order valence-corrected chi connectivity index (χ1v) is 5.97. The molecule has 1 aromatic heterocycles. The highest BCUT2D eigenvalue weighted by atomic mass is 35.5. The molecule has 0 N–H and O–H groups in total. The number of rotatable bonds is 3. The second-order valence-electron chi connectivity index (χ2n) is 4.84. The van der Waals surface area contributed by atoms with Crippen LogP contribution < -0.4 is 4.74 Å². The molecule has 0 saturated carbocycles. The molecule has 98 valence electrons. The number of hydrogen-bond acceptors (Lipinski definition) is 4. The maximum absolute atomic E-state index is 5.80. The van der Waals surface area contributed by atoms with Crippen LogP contribution >= 0.6 is 12.4 Å². The average molecular weight is 261 g/mol. The molecule has 1 saturated heterocycles. The molecule has 0 aromatic carbocycles. The Bertz CT molecular complexity index is 333. The normalized spacial score (nSPS) is 18.1. The summed E-state index contributed by atoms with van der Waals surface area (Å²) in [6, 6.07) is 1.91. The highest BCUT2D eigenvalue weighted by molar-refractivity contribution is 5.85. The van der Waals surface area contributed by atoms with Gasteiger partial charge in [-0.15, -0.1) is 12.4 Å². The van der Waals surface area contributed by atoms with Crippen molar-refractivity contribution < 1.29 is 9.26 Å². The first-order chi connectivity index (χ1) is 7.65. The predicted molar refractivity (Wildman–Crippen MR) is 69.0 cm³/mol. The molecule has 0 spiro atoms. The lowest BCUT2D eigenvalue weighted by Crippen LogP contribution is -2.35. The summed E-state index contributed by atoms with van der Waals surface area (Å²) in [6.07, 6.45) is 2.43. The summed E-state index contributed by atoms with van der Waals surface area (Å²) < 4.78 is 11.0. The van der Waals surface area contributed by atoms with Gasteiger partial charge in [-0.2, -0.15) is 0 Å². The topological polar surface area (TPSA) is 38.5 Å².